The van der Waals surface area contributed by atoms with Crippen LogP contribution in [-0.4, -0.2) is 40.6 Å². The zero-order valence-electron chi connectivity index (χ0n) is 17.2. The fraction of sp³-hybridized carbons (Fsp3) is 0.0909. The first-order chi connectivity index (χ1) is 15.7. The first kappa shape index (κ1) is 22.9. The van der Waals surface area contributed by atoms with E-state index in [0.29, 0.717) is 16.5 Å². The minimum Gasteiger partial charge on any atom is -0.346 e. The van der Waals surface area contributed by atoms with Crippen molar-refractivity contribution in [1.82, 2.24) is 25.3 Å². The molecule has 0 saturated carbocycles. The predicted octanol–water partition coefficient (Wildman–Crippen LogP) is 3.97. The van der Waals surface area contributed by atoms with Crippen molar-refractivity contribution in [2.24, 2.45) is 0 Å². The summed E-state index contributed by atoms with van der Waals surface area (Å²) < 4.78 is 24.8. The standard InChI is InChI=1S/C22H17Cl2N5O3S/c1-33(31,32)18-5-2-14(3-6-18)15-4-7-20(24)19(10-15)22(30)26-12-17-13-29(28-27-17)21-11-16(23)8-9-25-21/h2-11,13H,12H2,1H3,(H,26,30). The van der Waals surface area contributed by atoms with Gasteiger partial charge in [-0.05, 0) is 41.5 Å². The van der Waals surface area contributed by atoms with Crippen LogP contribution in [0.1, 0.15) is 16.1 Å². The van der Waals surface area contributed by atoms with Crippen LogP contribution < -0.4 is 5.32 Å². The van der Waals surface area contributed by atoms with Crippen molar-refractivity contribution in [3.63, 3.8) is 0 Å². The molecule has 0 aliphatic carbocycles. The number of halogens is 2. The molecule has 0 atom stereocenters. The second kappa shape index (κ2) is 9.30. The molecule has 33 heavy (non-hydrogen) atoms. The number of benzene rings is 2. The zero-order valence-corrected chi connectivity index (χ0v) is 19.6. The van der Waals surface area contributed by atoms with Gasteiger partial charge in [-0.25, -0.2) is 18.1 Å². The molecule has 0 aliphatic rings. The molecule has 0 aliphatic heterocycles. The molecule has 4 aromatic rings. The number of carbonyl (C=O) groups excluding carboxylic acids is 1. The van der Waals surface area contributed by atoms with Crippen LogP contribution in [0.15, 0.2) is 71.9 Å². The van der Waals surface area contributed by atoms with E-state index < -0.39 is 9.84 Å². The van der Waals surface area contributed by atoms with Crippen molar-refractivity contribution in [2.45, 2.75) is 11.4 Å². The van der Waals surface area contributed by atoms with E-state index in [-0.39, 0.29) is 27.9 Å². The summed E-state index contributed by atoms with van der Waals surface area (Å²) in [6.45, 7) is 0.128. The Morgan fingerprint density at radius 1 is 1.03 bits per heavy atom. The van der Waals surface area contributed by atoms with Gasteiger partial charge in [-0.1, -0.05) is 46.6 Å². The fourth-order valence-corrected chi connectivity index (χ4v) is 4.04. The maximum Gasteiger partial charge on any atom is 0.253 e. The molecule has 0 unspecified atom stereocenters. The molecular formula is C22H17Cl2N5O3S. The molecule has 0 radical (unpaired) electrons. The topological polar surface area (TPSA) is 107 Å². The lowest BCUT2D eigenvalue weighted by Crippen LogP contribution is -2.23. The van der Waals surface area contributed by atoms with Gasteiger partial charge < -0.3 is 5.32 Å². The average molecular weight is 502 g/mol. The van der Waals surface area contributed by atoms with E-state index in [9.17, 15) is 13.2 Å². The van der Waals surface area contributed by atoms with Gasteiger partial charge in [0.25, 0.3) is 5.91 Å². The number of hydrogen-bond donors (Lipinski definition) is 1. The molecule has 2 heterocycles. The van der Waals surface area contributed by atoms with Gasteiger partial charge in [-0.3, -0.25) is 4.79 Å². The molecule has 0 spiro atoms. The van der Waals surface area contributed by atoms with Crippen molar-refractivity contribution in [3.05, 3.63) is 88.3 Å². The minimum atomic E-state index is -3.29. The Balaban J connectivity index is 1.49. The van der Waals surface area contributed by atoms with Gasteiger partial charge in [0.05, 0.1) is 28.2 Å². The summed E-state index contributed by atoms with van der Waals surface area (Å²) in [5, 5.41) is 11.6. The monoisotopic (exact) mass is 501 g/mol. The van der Waals surface area contributed by atoms with Crippen LogP contribution in [0.4, 0.5) is 0 Å². The van der Waals surface area contributed by atoms with Crippen LogP contribution in [-0.2, 0) is 16.4 Å². The second-order valence-corrected chi connectivity index (χ2v) is 10.0. The highest BCUT2D eigenvalue weighted by molar-refractivity contribution is 7.90. The van der Waals surface area contributed by atoms with Gasteiger partial charge in [-0.15, -0.1) is 5.10 Å². The van der Waals surface area contributed by atoms with E-state index in [1.165, 1.54) is 16.8 Å². The van der Waals surface area contributed by atoms with Crippen LogP contribution in [0.2, 0.25) is 10.0 Å². The van der Waals surface area contributed by atoms with Crippen molar-refractivity contribution < 1.29 is 13.2 Å². The maximum atomic E-state index is 12.8. The van der Waals surface area contributed by atoms with E-state index in [1.807, 2.05) is 0 Å². The maximum absolute atomic E-state index is 12.8. The number of nitrogens with one attached hydrogen (secondary N) is 1. The number of pyridine rings is 1. The summed E-state index contributed by atoms with van der Waals surface area (Å²) in [5.74, 6) is 0.121. The quantitative estimate of drug-likeness (QED) is 0.428. The fourth-order valence-electron chi connectivity index (χ4n) is 3.05. The van der Waals surface area contributed by atoms with Crippen LogP contribution in [0.3, 0.4) is 0 Å². The van der Waals surface area contributed by atoms with Crippen LogP contribution in [0.5, 0.6) is 0 Å². The molecule has 2 aromatic heterocycles. The number of amides is 1. The lowest BCUT2D eigenvalue weighted by atomic mass is 10.0. The highest BCUT2D eigenvalue weighted by atomic mass is 35.5. The molecule has 1 N–H and O–H groups in total. The molecule has 0 saturated heterocycles. The summed E-state index contributed by atoms with van der Waals surface area (Å²) >= 11 is 12.2. The van der Waals surface area contributed by atoms with E-state index in [4.69, 9.17) is 23.2 Å². The molecule has 1 amide bonds. The van der Waals surface area contributed by atoms with Crippen molar-refractivity contribution in [2.75, 3.05) is 6.26 Å². The van der Waals surface area contributed by atoms with E-state index in [2.05, 4.69) is 20.6 Å². The number of nitrogens with zero attached hydrogens (tertiary/aromatic N) is 4. The van der Waals surface area contributed by atoms with Gasteiger partial charge in [0.15, 0.2) is 15.7 Å². The second-order valence-electron chi connectivity index (χ2n) is 7.16. The van der Waals surface area contributed by atoms with E-state index in [1.54, 1.807) is 54.9 Å². The van der Waals surface area contributed by atoms with Crippen LogP contribution in [0.25, 0.3) is 16.9 Å². The molecule has 168 valence electrons. The first-order valence-corrected chi connectivity index (χ1v) is 12.3. The van der Waals surface area contributed by atoms with Gasteiger partial charge in [-0.2, -0.15) is 0 Å². The number of hydrogen-bond acceptors (Lipinski definition) is 6. The van der Waals surface area contributed by atoms with Crippen LogP contribution in [0, 0.1) is 0 Å². The molecule has 0 fully saturated rings. The number of rotatable bonds is 6. The molecule has 2 aromatic carbocycles. The average Bonchev–Trinajstić information content (AvgIpc) is 3.26. The van der Waals surface area contributed by atoms with E-state index >= 15 is 0 Å². The molecule has 0 bridgehead atoms. The minimum absolute atomic E-state index is 0.128. The highest BCUT2D eigenvalue weighted by Crippen LogP contribution is 2.26. The molecule has 11 heteroatoms. The van der Waals surface area contributed by atoms with Gasteiger partial charge in [0.2, 0.25) is 0 Å². The van der Waals surface area contributed by atoms with Crippen molar-refractivity contribution in [1.29, 1.82) is 0 Å². The highest BCUT2D eigenvalue weighted by Gasteiger charge is 2.14. The SMILES string of the molecule is CS(=O)(=O)c1ccc(-c2ccc(Cl)c(C(=O)NCc3cn(-c4cc(Cl)ccn4)nn3)c2)cc1. The van der Waals surface area contributed by atoms with Gasteiger partial charge >= 0.3 is 0 Å². The normalized spacial score (nSPS) is 11.4. The van der Waals surface area contributed by atoms with E-state index in [0.717, 1.165) is 17.4 Å². The molecule has 4 rings (SSSR count). The number of carbonyl (C=O) groups is 1. The lowest BCUT2D eigenvalue weighted by molar-refractivity contribution is 0.0950. The van der Waals surface area contributed by atoms with Crippen LogP contribution >= 0.6 is 23.2 Å². The summed E-state index contributed by atoms with van der Waals surface area (Å²) in [6.07, 6.45) is 4.35. The van der Waals surface area contributed by atoms with Gasteiger partial charge in [0, 0.05) is 23.5 Å². The molecular weight excluding hydrogens is 485 g/mol. The van der Waals surface area contributed by atoms with Crippen molar-refractivity contribution >= 4 is 38.9 Å². The first-order valence-electron chi connectivity index (χ1n) is 9.62. The predicted molar refractivity (Wildman–Crippen MR) is 125 cm³/mol. The lowest BCUT2D eigenvalue weighted by Gasteiger charge is -2.09. The Bertz CT molecular complexity index is 1440. The third kappa shape index (κ3) is 5.39. The smallest absolute Gasteiger partial charge is 0.253 e. The van der Waals surface area contributed by atoms with Crippen molar-refractivity contribution in [3.8, 4) is 16.9 Å². The number of sulfone groups is 1. The third-order valence-electron chi connectivity index (χ3n) is 4.74. The Morgan fingerprint density at radius 2 is 1.76 bits per heavy atom. The van der Waals surface area contributed by atoms with Gasteiger partial charge in [0.1, 0.15) is 5.69 Å². The third-order valence-corrected chi connectivity index (χ3v) is 6.43. The largest absolute Gasteiger partial charge is 0.346 e. The summed E-state index contributed by atoms with van der Waals surface area (Å²) in [4.78, 5) is 17.2. The Labute approximate surface area is 200 Å². The summed E-state index contributed by atoms with van der Waals surface area (Å²) in [5.41, 5.74) is 2.28. The zero-order chi connectivity index (χ0) is 23.6. The Kier molecular flexibility index (Phi) is 6.46. The summed E-state index contributed by atoms with van der Waals surface area (Å²) in [7, 11) is -3.29. The Morgan fingerprint density at radius 3 is 2.45 bits per heavy atom. The Hall–Kier alpha value is -3.27. The molecule has 8 nitrogen and oxygen atoms in total. The number of aromatic nitrogens is 4. The summed E-state index contributed by atoms with van der Waals surface area (Å²) in [6, 6.07) is 14.8.